The first kappa shape index (κ1) is 26.9. The van der Waals surface area contributed by atoms with Crippen molar-refractivity contribution in [1.29, 1.82) is 0 Å². The van der Waals surface area contributed by atoms with Gasteiger partial charge in [-0.15, -0.1) is 0 Å². The summed E-state index contributed by atoms with van der Waals surface area (Å²) in [6.45, 7) is 0. The Morgan fingerprint density at radius 2 is 0.654 bits per heavy atom. The molecule has 0 aliphatic heterocycles. The van der Waals surface area contributed by atoms with Gasteiger partial charge in [0, 0.05) is 39.2 Å². The van der Waals surface area contributed by atoms with Gasteiger partial charge >= 0.3 is 0 Å². The molecule has 0 unspecified atom stereocenters. The van der Waals surface area contributed by atoms with Gasteiger partial charge in [-0.05, 0) is 99.7 Å². The molecule has 0 amide bonds. The quantitative estimate of drug-likeness (QED) is 0.149. The summed E-state index contributed by atoms with van der Waals surface area (Å²) in [7, 11) is 0. The Kier molecular flexibility index (Phi) is 7.13. The van der Waals surface area contributed by atoms with Crippen LogP contribution in [0.15, 0.2) is 218 Å². The molecule has 2 nitrogen and oxygen atoms in total. The monoisotopic (exact) mass is 668 g/mol. The van der Waals surface area contributed by atoms with E-state index < -0.39 is 0 Å². The van der Waals surface area contributed by atoms with Crippen molar-refractivity contribution in [2.24, 2.45) is 0 Å². The molecule has 0 spiro atoms. The van der Waals surface area contributed by atoms with Crippen LogP contribution in [0, 0.1) is 0 Å². The Morgan fingerprint density at radius 1 is 0.288 bits per heavy atom. The first-order valence-electron chi connectivity index (χ1n) is 19.4. The van der Waals surface area contributed by atoms with Gasteiger partial charge in [-0.25, -0.2) is 0 Å². The predicted molar refractivity (Wildman–Crippen MR) is 222 cm³/mol. The van der Waals surface area contributed by atoms with Gasteiger partial charge in [0.2, 0.25) is 0 Å². The van der Waals surface area contributed by atoms with E-state index in [-0.39, 0.29) is 35.4 Å². The molecular weight excluding hydrogens is 629 g/mol. The van der Waals surface area contributed by atoms with Crippen molar-refractivity contribution in [2.45, 2.75) is 0 Å². The van der Waals surface area contributed by atoms with Crippen molar-refractivity contribution >= 4 is 55.7 Å². The summed E-state index contributed by atoms with van der Waals surface area (Å²) in [5.74, 6) is 0. The van der Waals surface area contributed by atoms with Crippen molar-refractivity contribution in [3.8, 4) is 22.3 Å². The van der Waals surface area contributed by atoms with E-state index in [4.69, 9.17) is 0 Å². The molecule has 0 aliphatic rings. The Labute approximate surface area is 310 Å². The molecule has 2 heteroatoms. The summed E-state index contributed by atoms with van der Waals surface area (Å²) in [5.41, 5.74) is 7.82. The van der Waals surface area contributed by atoms with Crippen LogP contribution in [-0.4, -0.2) is 0 Å². The molecule has 0 N–H and O–H groups in total. The zero-order valence-corrected chi connectivity index (χ0v) is 28.4. The molecule has 9 aromatic carbocycles. The first-order chi connectivity index (χ1) is 27.5. The molecule has 0 saturated heterocycles. The molecule has 0 radical (unpaired) electrons. The molecule has 246 valence electrons. The summed E-state index contributed by atoms with van der Waals surface area (Å²) >= 11 is 0. The van der Waals surface area contributed by atoms with Crippen molar-refractivity contribution in [1.82, 2.24) is 0 Å². The first-order valence-corrected chi connectivity index (χ1v) is 17.4. The molecule has 52 heavy (non-hydrogen) atoms. The Hall–Kier alpha value is -6.90. The normalized spacial score (nSPS) is 12.2. The zero-order chi connectivity index (χ0) is 38.2. The molecule has 0 fully saturated rings. The molecule has 0 saturated carbocycles. The van der Waals surface area contributed by atoms with Gasteiger partial charge in [0.1, 0.15) is 0 Å². The number of para-hydroxylation sites is 3. The average molecular weight is 669 g/mol. The summed E-state index contributed by atoms with van der Waals surface area (Å²) in [5, 5.41) is 3.95. The van der Waals surface area contributed by atoms with Crippen molar-refractivity contribution in [3.63, 3.8) is 0 Å². The van der Waals surface area contributed by atoms with E-state index in [1.165, 1.54) is 0 Å². The summed E-state index contributed by atoms with van der Waals surface area (Å²) in [4.78, 5) is 4.12. The Morgan fingerprint density at radius 3 is 1.13 bits per heavy atom. The largest absolute Gasteiger partial charge is 0.311 e. The third-order valence-electron chi connectivity index (χ3n) is 9.48. The van der Waals surface area contributed by atoms with Crippen molar-refractivity contribution in [3.05, 3.63) is 218 Å². The second-order valence-electron chi connectivity index (χ2n) is 12.7. The van der Waals surface area contributed by atoms with Crippen LogP contribution in [0.1, 0.15) is 5.48 Å². The lowest BCUT2D eigenvalue weighted by atomic mass is 9.98. The second-order valence-corrected chi connectivity index (χ2v) is 12.7. The fourth-order valence-electron chi connectivity index (χ4n) is 6.97. The minimum absolute atomic E-state index is 0.0921. The van der Waals surface area contributed by atoms with E-state index in [0.29, 0.717) is 5.56 Å². The fraction of sp³-hybridized carbons (Fsp3) is 0. The maximum Gasteiger partial charge on any atom is 0.0645 e. The van der Waals surface area contributed by atoms with Crippen LogP contribution in [0.25, 0.3) is 43.8 Å². The van der Waals surface area contributed by atoms with Crippen LogP contribution in [0.2, 0.25) is 0 Å². The van der Waals surface area contributed by atoms with Crippen LogP contribution in [-0.2, 0) is 0 Å². The number of anilines is 6. The molecule has 0 aliphatic carbocycles. The summed E-state index contributed by atoms with van der Waals surface area (Å²) in [6, 6.07) is 64.4. The highest BCUT2D eigenvalue weighted by atomic mass is 15.1. The fourth-order valence-corrected chi connectivity index (χ4v) is 6.97. The molecule has 9 rings (SSSR count). The SMILES string of the molecule is [2H]c1c([2H])c(N(c2ccccc2)c2c3ccccc3cc3ccccc23)c([2H])c([2H])c1-c1ccc(-c2ccc(N(c3ccccc3)c3ccccc3)cc2)cc1. The van der Waals surface area contributed by atoms with E-state index in [2.05, 4.69) is 83.8 Å². The Bertz CT molecular complexity index is 2700. The number of fused-ring (bicyclic) bond motifs is 2. The number of hydrogen-bond donors (Lipinski definition) is 0. The number of rotatable bonds is 8. The smallest absolute Gasteiger partial charge is 0.0645 e. The van der Waals surface area contributed by atoms with Crippen LogP contribution < -0.4 is 9.80 Å². The van der Waals surface area contributed by atoms with Crippen LogP contribution in [0.3, 0.4) is 0 Å². The maximum atomic E-state index is 9.49. The van der Waals surface area contributed by atoms with Gasteiger partial charge in [-0.2, -0.15) is 0 Å². The van der Waals surface area contributed by atoms with E-state index in [9.17, 15) is 5.48 Å². The van der Waals surface area contributed by atoms with E-state index in [1.807, 2.05) is 120 Å². The third-order valence-corrected chi connectivity index (χ3v) is 9.48. The highest BCUT2D eigenvalue weighted by Gasteiger charge is 2.19. The third kappa shape index (κ3) is 5.97. The number of benzene rings is 9. The van der Waals surface area contributed by atoms with Crippen molar-refractivity contribution in [2.75, 3.05) is 9.80 Å². The molecule has 0 bridgehead atoms. The van der Waals surface area contributed by atoms with E-state index in [1.54, 1.807) is 0 Å². The lowest BCUT2D eigenvalue weighted by molar-refractivity contribution is 1.28. The lowest BCUT2D eigenvalue weighted by Gasteiger charge is -2.28. The van der Waals surface area contributed by atoms with Crippen LogP contribution in [0.4, 0.5) is 34.1 Å². The van der Waals surface area contributed by atoms with Gasteiger partial charge in [0.05, 0.1) is 11.2 Å². The van der Waals surface area contributed by atoms with E-state index in [0.717, 1.165) is 61.1 Å². The average Bonchev–Trinajstić information content (AvgIpc) is 3.26. The topological polar surface area (TPSA) is 6.48 Å². The zero-order valence-electron chi connectivity index (χ0n) is 32.4. The lowest BCUT2D eigenvalue weighted by Crippen LogP contribution is -2.11. The van der Waals surface area contributed by atoms with Crippen molar-refractivity contribution < 1.29 is 5.48 Å². The van der Waals surface area contributed by atoms with E-state index >= 15 is 0 Å². The molecule has 0 aromatic heterocycles. The molecule has 9 aromatic rings. The molecular formula is C50H36N2. The van der Waals surface area contributed by atoms with Gasteiger partial charge in [0.25, 0.3) is 0 Å². The standard InChI is InChI=1S/C50H36N2/c1-4-16-43(17-5-1)51(44-18-6-2-7-19-44)46-32-28-39(29-33-46)37-24-26-38(27-25-37)40-30-34-47(35-31-40)52(45-20-8-3-9-21-45)50-48-22-12-10-14-41(48)36-42-15-11-13-23-49(42)50/h1-36H/i30D,31D,34D,35D. The van der Waals surface area contributed by atoms with Crippen LogP contribution >= 0.6 is 0 Å². The summed E-state index contributed by atoms with van der Waals surface area (Å²) < 4.78 is 37.7. The maximum absolute atomic E-state index is 9.49. The minimum atomic E-state index is -0.108. The van der Waals surface area contributed by atoms with Gasteiger partial charge in [0.15, 0.2) is 0 Å². The van der Waals surface area contributed by atoms with Gasteiger partial charge in [-0.1, -0.05) is 152 Å². The number of nitrogens with zero attached hydrogens (tertiary/aromatic N) is 2. The highest BCUT2D eigenvalue weighted by molar-refractivity contribution is 6.14. The minimum Gasteiger partial charge on any atom is -0.311 e. The van der Waals surface area contributed by atoms with Crippen LogP contribution in [0.5, 0.6) is 0 Å². The second kappa shape index (κ2) is 13.8. The molecule has 0 atom stereocenters. The highest BCUT2D eigenvalue weighted by Crippen LogP contribution is 2.44. The Balaban J connectivity index is 1.11. The van der Waals surface area contributed by atoms with Gasteiger partial charge < -0.3 is 9.80 Å². The van der Waals surface area contributed by atoms with Gasteiger partial charge in [-0.3, -0.25) is 0 Å². The molecule has 0 heterocycles. The number of hydrogen-bond acceptors (Lipinski definition) is 2. The predicted octanol–water partition coefficient (Wildman–Crippen LogP) is 14.3. The summed E-state index contributed by atoms with van der Waals surface area (Å²) in [6.07, 6.45) is 0.